The largest absolute Gasteiger partial charge is 0.465 e. The lowest BCUT2D eigenvalue weighted by molar-refractivity contribution is -0.155. The highest BCUT2D eigenvalue weighted by atomic mass is 16.5. The predicted octanol–water partition coefficient (Wildman–Crippen LogP) is 2.86. The molecule has 0 atom stereocenters. The van der Waals surface area contributed by atoms with Crippen molar-refractivity contribution >= 4 is 11.9 Å². The summed E-state index contributed by atoms with van der Waals surface area (Å²) in [6.07, 6.45) is 1.65. The van der Waals surface area contributed by atoms with Crippen LogP contribution in [-0.4, -0.2) is 36.9 Å². The van der Waals surface area contributed by atoms with Crippen molar-refractivity contribution in [2.45, 2.75) is 53.9 Å². The Balaban J connectivity index is 4.59. The maximum absolute atomic E-state index is 12.0. The van der Waals surface area contributed by atoms with Crippen LogP contribution in [0.5, 0.6) is 0 Å². The van der Waals surface area contributed by atoms with Crippen molar-refractivity contribution in [3.05, 3.63) is 12.2 Å². The summed E-state index contributed by atoms with van der Waals surface area (Å²) in [5.74, 6) is -0.634. The van der Waals surface area contributed by atoms with Gasteiger partial charge in [0.05, 0.1) is 24.0 Å². The van der Waals surface area contributed by atoms with E-state index in [0.29, 0.717) is 19.4 Å². The van der Waals surface area contributed by atoms with Crippen molar-refractivity contribution in [3.8, 4) is 0 Å². The van der Waals surface area contributed by atoms with Gasteiger partial charge in [-0.1, -0.05) is 19.1 Å². The third-order valence-corrected chi connectivity index (χ3v) is 3.25. The minimum absolute atomic E-state index is 0.0103. The number of aliphatic hydroxyl groups is 1. The van der Waals surface area contributed by atoms with Gasteiger partial charge in [0.2, 0.25) is 0 Å². The first-order valence-corrected chi connectivity index (χ1v) is 7.68. The van der Waals surface area contributed by atoms with E-state index in [1.807, 2.05) is 20.8 Å². The molecule has 0 aromatic carbocycles. The van der Waals surface area contributed by atoms with Gasteiger partial charge >= 0.3 is 11.9 Å². The first-order valence-electron chi connectivity index (χ1n) is 7.68. The topological polar surface area (TPSA) is 72.8 Å². The normalized spacial score (nSPS) is 11.9. The van der Waals surface area contributed by atoms with Crippen LogP contribution < -0.4 is 0 Å². The lowest BCUT2D eigenvalue weighted by Crippen LogP contribution is -2.31. The minimum atomic E-state index is -0.740. The van der Waals surface area contributed by atoms with E-state index >= 15 is 0 Å². The minimum Gasteiger partial charge on any atom is -0.465 e. The summed E-state index contributed by atoms with van der Waals surface area (Å²) in [5, 5.41) is 8.70. The van der Waals surface area contributed by atoms with Gasteiger partial charge in [-0.2, -0.15) is 0 Å². The first-order chi connectivity index (χ1) is 10.1. The molecule has 0 aromatic heterocycles. The van der Waals surface area contributed by atoms with Crippen LogP contribution in [0.4, 0.5) is 0 Å². The number of allylic oxidation sites excluding steroid dienone is 1. The van der Waals surface area contributed by atoms with Crippen molar-refractivity contribution in [3.63, 3.8) is 0 Å². The molecule has 0 heterocycles. The molecule has 0 unspecified atom stereocenters. The fourth-order valence-electron chi connectivity index (χ4n) is 2.18. The van der Waals surface area contributed by atoms with E-state index in [1.165, 1.54) is 0 Å². The Morgan fingerprint density at radius 1 is 0.955 bits per heavy atom. The highest BCUT2D eigenvalue weighted by Gasteiger charge is 2.34. The van der Waals surface area contributed by atoms with E-state index in [-0.39, 0.29) is 25.2 Å². The third kappa shape index (κ3) is 7.07. The van der Waals surface area contributed by atoms with Crippen LogP contribution in [-0.2, 0) is 19.1 Å². The summed E-state index contributed by atoms with van der Waals surface area (Å²) in [6, 6.07) is 0. The van der Waals surface area contributed by atoms with Crippen LogP contribution in [0.2, 0.25) is 0 Å². The van der Waals surface area contributed by atoms with E-state index in [1.54, 1.807) is 13.8 Å². The average molecular weight is 314 g/mol. The standard InChI is InChI=1S/C17H30O5/c1-7-9-21-14(19)16(3,4)11-13(2)12-17(5,6)15(20)22-10-8-18/h18H,2,7-12H2,1,3-6H3. The molecule has 0 aromatic rings. The fourth-order valence-corrected chi connectivity index (χ4v) is 2.18. The molecule has 0 rings (SSSR count). The van der Waals surface area contributed by atoms with Gasteiger partial charge in [0.25, 0.3) is 0 Å². The number of aliphatic hydroxyl groups excluding tert-OH is 1. The molecular formula is C17H30O5. The second kappa shape index (κ2) is 8.93. The Labute approximate surface area is 133 Å². The first kappa shape index (κ1) is 20.6. The zero-order valence-electron chi connectivity index (χ0n) is 14.5. The van der Waals surface area contributed by atoms with Crippen molar-refractivity contribution in [2.75, 3.05) is 19.8 Å². The van der Waals surface area contributed by atoms with Crippen molar-refractivity contribution in [1.82, 2.24) is 0 Å². The van der Waals surface area contributed by atoms with E-state index in [4.69, 9.17) is 14.6 Å². The molecule has 0 radical (unpaired) electrons. The van der Waals surface area contributed by atoms with Crippen LogP contribution in [0.15, 0.2) is 12.2 Å². The van der Waals surface area contributed by atoms with E-state index in [2.05, 4.69) is 6.58 Å². The second-order valence-electron chi connectivity index (χ2n) is 6.87. The molecule has 0 saturated carbocycles. The molecule has 0 aliphatic heterocycles. The Hall–Kier alpha value is -1.36. The maximum Gasteiger partial charge on any atom is 0.311 e. The quantitative estimate of drug-likeness (QED) is 0.496. The average Bonchev–Trinajstić information content (AvgIpc) is 2.40. The zero-order valence-corrected chi connectivity index (χ0v) is 14.5. The number of hydrogen-bond acceptors (Lipinski definition) is 5. The lowest BCUT2D eigenvalue weighted by Gasteiger charge is -2.28. The van der Waals surface area contributed by atoms with Crippen LogP contribution in [0.3, 0.4) is 0 Å². The number of ether oxygens (including phenoxy) is 2. The monoisotopic (exact) mass is 314 g/mol. The lowest BCUT2D eigenvalue weighted by atomic mass is 9.79. The van der Waals surface area contributed by atoms with Crippen molar-refractivity contribution < 1.29 is 24.2 Å². The zero-order chi connectivity index (χ0) is 17.4. The third-order valence-electron chi connectivity index (χ3n) is 3.25. The molecule has 5 heteroatoms. The number of carbonyl (C=O) groups excluding carboxylic acids is 2. The van der Waals surface area contributed by atoms with Gasteiger partial charge < -0.3 is 14.6 Å². The summed E-state index contributed by atoms with van der Waals surface area (Å²) in [6.45, 7) is 13.3. The Morgan fingerprint density at radius 2 is 1.36 bits per heavy atom. The van der Waals surface area contributed by atoms with Crippen molar-refractivity contribution in [2.24, 2.45) is 10.8 Å². The molecule has 128 valence electrons. The van der Waals surface area contributed by atoms with Crippen molar-refractivity contribution in [1.29, 1.82) is 0 Å². The number of esters is 2. The molecular weight excluding hydrogens is 284 g/mol. The Morgan fingerprint density at radius 3 is 1.73 bits per heavy atom. The molecule has 5 nitrogen and oxygen atoms in total. The van der Waals surface area contributed by atoms with Gasteiger partial charge in [0.1, 0.15) is 6.61 Å². The molecule has 0 fully saturated rings. The Kier molecular flexibility index (Phi) is 8.38. The van der Waals surface area contributed by atoms with E-state index < -0.39 is 10.8 Å². The van der Waals surface area contributed by atoms with Crippen LogP contribution in [0.25, 0.3) is 0 Å². The highest BCUT2D eigenvalue weighted by molar-refractivity contribution is 5.77. The van der Waals surface area contributed by atoms with Gasteiger partial charge in [-0.25, -0.2) is 0 Å². The summed E-state index contributed by atoms with van der Waals surface area (Å²) in [7, 11) is 0. The summed E-state index contributed by atoms with van der Waals surface area (Å²) in [4.78, 5) is 24.0. The molecule has 0 amide bonds. The van der Waals surface area contributed by atoms with Gasteiger partial charge in [-0.15, -0.1) is 0 Å². The molecule has 0 aliphatic rings. The summed E-state index contributed by atoms with van der Waals surface area (Å²) < 4.78 is 10.2. The van der Waals surface area contributed by atoms with Crippen LogP contribution in [0.1, 0.15) is 53.9 Å². The second-order valence-corrected chi connectivity index (χ2v) is 6.87. The van der Waals surface area contributed by atoms with Gasteiger partial charge in [0.15, 0.2) is 0 Å². The SMILES string of the molecule is C=C(CC(C)(C)C(=O)OCCC)CC(C)(C)C(=O)OCCO. The molecule has 0 bridgehead atoms. The van der Waals surface area contributed by atoms with Crippen LogP contribution in [0, 0.1) is 10.8 Å². The smallest absolute Gasteiger partial charge is 0.311 e. The number of carbonyl (C=O) groups is 2. The van der Waals surface area contributed by atoms with E-state index in [0.717, 1.165) is 12.0 Å². The van der Waals surface area contributed by atoms with Gasteiger partial charge in [0, 0.05) is 0 Å². The van der Waals surface area contributed by atoms with Gasteiger partial charge in [-0.3, -0.25) is 9.59 Å². The Bertz CT molecular complexity index is 360. The summed E-state index contributed by atoms with van der Waals surface area (Å²) in [5.41, 5.74) is -0.614. The molecule has 0 saturated heterocycles. The predicted molar refractivity (Wildman–Crippen MR) is 85.2 cm³/mol. The van der Waals surface area contributed by atoms with Crippen LogP contribution >= 0.6 is 0 Å². The van der Waals surface area contributed by atoms with E-state index in [9.17, 15) is 9.59 Å². The summed E-state index contributed by atoms with van der Waals surface area (Å²) >= 11 is 0. The highest BCUT2D eigenvalue weighted by Crippen LogP contribution is 2.33. The van der Waals surface area contributed by atoms with Gasteiger partial charge in [-0.05, 0) is 47.0 Å². The molecule has 0 aliphatic carbocycles. The molecule has 0 spiro atoms. The number of rotatable bonds is 10. The number of hydrogen-bond donors (Lipinski definition) is 1. The molecule has 1 N–H and O–H groups in total. The molecule has 22 heavy (non-hydrogen) atoms. The fraction of sp³-hybridized carbons (Fsp3) is 0.765. The maximum atomic E-state index is 12.0.